The highest BCUT2D eigenvalue weighted by Gasteiger charge is 2.37. The van der Waals surface area contributed by atoms with Crippen LogP contribution in [-0.2, 0) is 4.74 Å². The minimum absolute atomic E-state index is 0.129. The number of nitrogens with one attached hydrogen (secondary N) is 1. The van der Waals surface area contributed by atoms with E-state index in [4.69, 9.17) is 4.74 Å². The number of hydrogen-bond donors (Lipinski definition) is 1. The standard InChI is InChI=1S/C18H31NO/c1-8-18(9-2,20-10-3)17(19-7)16-12-14(5)13(4)11-15(16)6/h11-12,17,19H,8-10H2,1-7H3. The van der Waals surface area contributed by atoms with Gasteiger partial charge in [0, 0.05) is 6.61 Å². The molecule has 0 spiro atoms. The number of rotatable bonds is 7. The van der Waals surface area contributed by atoms with Crippen molar-refractivity contribution in [2.75, 3.05) is 13.7 Å². The largest absolute Gasteiger partial charge is 0.373 e. The van der Waals surface area contributed by atoms with Gasteiger partial charge >= 0.3 is 0 Å². The van der Waals surface area contributed by atoms with Crippen molar-refractivity contribution >= 4 is 0 Å². The summed E-state index contributed by atoms with van der Waals surface area (Å²) >= 11 is 0. The second-order valence-electron chi connectivity index (χ2n) is 5.72. The number of likely N-dealkylation sites (N-methyl/N-ethyl adjacent to an activating group) is 1. The van der Waals surface area contributed by atoms with Gasteiger partial charge in [0.15, 0.2) is 0 Å². The van der Waals surface area contributed by atoms with Crippen LogP contribution in [0.5, 0.6) is 0 Å². The molecule has 1 aromatic rings. The predicted molar refractivity (Wildman–Crippen MR) is 87.4 cm³/mol. The molecule has 0 fully saturated rings. The summed E-state index contributed by atoms with van der Waals surface area (Å²) in [4.78, 5) is 0. The molecule has 0 aliphatic rings. The van der Waals surface area contributed by atoms with Crippen LogP contribution in [0.4, 0.5) is 0 Å². The fourth-order valence-electron chi connectivity index (χ4n) is 3.23. The van der Waals surface area contributed by atoms with Crippen molar-refractivity contribution in [3.63, 3.8) is 0 Å². The molecule has 0 bridgehead atoms. The molecule has 0 heterocycles. The Morgan fingerprint density at radius 3 is 2.00 bits per heavy atom. The molecule has 1 aromatic carbocycles. The van der Waals surface area contributed by atoms with Crippen LogP contribution >= 0.6 is 0 Å². The minimum atomic E-state index is -0.129. The first-order valence-electron chi connectivity index (χ1n) is 7.84. The molecule has 0 aliphatic carbocycles. The Labute approximate surface area is 124 Å². The summed E-state index contributed by atoms with van der Waals surface area (Å²) in [5.74, 6) is 0. The highest BCUT2D eigenvalue weighted by molar-refractivity contribution is 5.39. The molecule has 2 nitrogen and oxygen atoms in total. The van der Waals surface area contributed by atoms with Crippen molar-refractivity contribution in [3.05, 3.63) is 34.4 Å². The normalized spacial score (nSPS) is 13.6. The van der Waals surface area contributed by atoms with Gasteiger partial charge in [0.05, 0.1) is 11.6 Å². The minimum Gasteiger partial charge on any atom is -0.373 e. The van der Waals surface area contributed by atoms with Crippen molar-refractivity contribution < 1.29 is 4.74 Å². The Kier molecular flexibility index (Phi) is 6.22. The second kappa shape index (κ2) is 7.24. The molecule has 0 saturated carbocycles. The lowest BCUT2D eigenvalue weighted by Gasteiger charge is -2.40. The van der Waals surface area contributed by atoms with E-state index in [1.54, 1.807) is 0 Å². The average molecular weight is 277 g/mol. The van der Waals surface area contributed by atoms with E-state index >= 15 is 0 Å². The van der Waals surface area contributed by atoms with Crippen LogP contribution < -0.4 is 5.32 Å². The summed E-state index contributed by atoms with van der Waals surface area (Å²) in [5, 5.41) is 3.51. The molecule has 0 aromatic heterocycles. The maximum atomic E-state index is 6.20. The van der Waals surface area contributed by atoms with E-state index in [1.807, 2.05) is 7.05 Å². The molecule has 1 N–H and O–H groups in total. The molecule has 0 aliphatic heterocycles. The lowest BCUT2D eigenvalue weighted by molar-refractivity contribution is -0.0719. The fraction of sp³-hybridized carbons (Fsp3) is 0.667. The van der Waals surface area contributed by atoms with E-state index in [2.05, 4.69) is 59.0 Å². The molecule has 1 unspecified atom stereocenters. The van der Waals surface area contributed by atoms with Crippen LogP contribution in [0.15, 0.2) is 12.1 Å². The molecule has 20 heavy (non-hydrogen) atoms. The average Bonchev–Trinajstić information content (AvgIpc) is 2.43. The van der Waals surface area contributed by atoms with Crippen LogP contribution in [0.3, 0.4) is 0 Å². The molecule has 0 saturated heterocycles. The van der Waals surface area contributed by atoms with E-state index in [-0.39, 0.29) is 11.6 Å². The molecular weight excluding hydrogens is 246 g/mol. The Bertz CT molecular complexity index is 435. The highest BCUT2D eigenvalue weighted by atomic mass is 16.5. The Morgan fingerprint density at radius 1 is 1.00 bits per heavy atom. The second-order valence-corrected chi connectivity index (χ2v) is 5.72. The van der Waals surface area contributed by atoms with E-state index in [9.17, 15) is 0 Å². The Morgan fingerprint density at radius 2 is 1.55 bits per heavy atom. The maximum Gasteiger partial charge on any atom is 0.0870 e. The first-order chi connectivity index (χ1) is 9.45. The number of benzene rings is 1. The Hall–Kier alpha value is -0.860. The van der Waals surface area contributed by atoms with Gasteiger partial charge in [0.1, 0.15) is 0 Å². The van der Waals surface area contributed by atoms with Gasteiger partial charge in [0.2, 0.25) is 0 Å². The van der Waals surface area contributed by atoms with Crippen LogP contribution in [0, 0.1) is 20.8 Å². The van der Waals surface area contributed by atoms with Crippen molar-refractivity contribution in [2.45, 2.75) is 66.0 Å². The van der Waals surface area contributed by atoms with E-state index in [0.717, 1.165) is 19.4 Å². The molecule has 1 rings (SSSR count). The monoisotopic (exact) mass is 277 g/mol. The van der Waals surface area contributed by atoms with Crippen molar-refractivity contribution in [1.29, 1.82) is 0 Å². The summed E-state index contributed by atoms with van der Waals surface area (Å²) < 4.78 is 6.20. The molecular formula is C18H31NO. The van der Waals surface area contributed by atoms with Gasteiger partial charge in [-0.1, -0.05) is 26.0 Å². The van der Waals surface area contributed by atoms with Crippen molar-refractivity contribution in [3.8, 4) is 0 Å². The van der Waals surface area contributed by atoms with Crippen LogP contribution in [0.1, 0.15) is 61.9 Å². The summed E-state index contributed by atoms with van der Waals surface area (Å²) in [6, 6.07) is 4.85. The van der Waals surface area contributed by atoms with Gasteiger partial charge in [-0.05, 0) is 69.8 Å². The quantitative estimate of drug-likeness (QED) is 0.794. The lowest BCUT2D eigenvalue weighted by Crippen LogP contribution is -2.44. The van der Waals surface area contributed by atoms with Gasteiger partial charge < -0.3 is 10.1 Å². The van der Waals surface area contributed by atoms with Gasteiger partial charge in [-0.2, -0.15) is 0 Å². The lowest BCUT2D eigenvalue weighted by atomic mass is 9.81. The zero-order valence-corrected chi connectivity index (χ0v) is 14.3. The number of aryl methyl sites for hydroxylation is 3. The zero-order valence-electron chi connectivity index (χ0n) is 14.3. The van der Waals surface area contributed by atoms with E-state index in [0.29, 0.717) is 0 Å². The van der Waals surface area contributed by atoms with Gasteiger partial charge in [-0.25, -0.2) is 0 Å². The predicted octanol–water partition coefficient (Wildman–Crippen LogP) is 4.47. The summed E-state index contributed by atoms with van der Waals surface area (Å²) in [5.41, 5.74) is 5.29. The van der Waals surface area contributed by atoms with Crippen LogP contribution in [0.2, 0.25) is 0 Å². The first-order valence-corrected chi connectivity index (χ1v) is 7.84. The molecule has 114 valence electrons. The smallest absolute Gasteiger partial charge is 0.0870 e. The molecule has 1 atom stereocenters. The van der Waals surface area contributed by atoms with Gasteiger partial charge in [-0.15, -0.1) is 0 Å². The molecule has 2 heteroatoms. The third kappa shape index (κ3) is 3.24. The van der Waals surface area contributed by atoms with Crippen molar-refractivity contribution in [1.82, 2.24) is 5.32 Å². The zero-order chi connectivity index (χ0) is 15.3. The van der Waals surface area contributed by atoms with Gasteiger partial charge in [-0.3, -0.25) is 0 Å². The third-order valence-electron chi connectivity index (χ3n) is 4.64. The maximum absolute atomic E-state index is 6.20. The SMILES string of the molecule is CCOC(CC)(CC)C(NC)c1cc(C)c(C)cc1C. The van der Waals surface area contributed by atoms with Crippen LogP contribution in [0.25, 0.3) is 0 Å². The summed E-state index contributed by atoms with van der Waals surface area (Å²) in [6.45, 7) is 13.8. The number of ether oxygens (including phenoxy) is 1. The Balaban J connectivity index is 3.33. The number of hydrogen-bond acceptors (Lipinski definition) is 2. The summed E-state index contributed by atoms with van der Waals surface area (Å²) in [6.07, 6.45) is 2.02. The summed E-state index contributed by atoms with van der Waals surface area (Å²) in [7, 11) is 2.04. The van der Waals surface area contributed by atoms with Gasteiger partial charge in [0.25, 0.3) is 0 Å². The van der Waals surface area contributed by atoms with Crippen LogP contribution in [-0.4, -0.2) is 19.3 Å². The van der Waals surface area contributed by atoms with E-state index < -0.39 is 0 Å². The topological polar surface area (TPSA) is 21.3 Å². The molecule has 0 radical (unpaired) electrons. The van der Waals surface area contributed by atoms with Crippen molar-refractivity contribution in [2.24, 2.45) is 0 Å². The third-order valence-corrected chi connectivity index (χ3v) is 4.64. The highest BCUT2D eigenvalue weighted by Crippen LogP contribution is 2.37. The fourth-order valence-corrected chi connectivity index (χ4v) is 3.23. The first kappa shape index (κ1) is 17.2. The van der Waals surface area contributed by atoms with E-state index in [1.165, 1.54) is 22.3 Å². The molecule has 0 amide bonds.